The van der Waals surface area contributed by atoms with Crippen LogP contribution in [-0.2, 0) is 11.3 Å². The van der Waals surface area contributed by atoms with Crippen LogP contribution >= 0.6 is 11.6 Å². The van der Waals surface area contributed by atoms with Crippen LogP contribution in [0, 0.1) is 0 Å². The first-order chi connectivity index (χ1) is 14.4. The van der Waals surface area contributed by atoms with Crippen LogP contribution in [0.15, 0.2) is 66.7 Å². The van der Waals surface area contributed by atoms with Crippen molar-refractivity contribution >= 4 is 45.8 Å². The fourth-order valence-corrected chi connectivity index (χ4v) is 3.70. The van der Waals surface area contributed by atoms with Gasteiger partial charge < -0.3 is 21.3 Å². The summed E-state index contributed by atoms with van der Waals surface area (Å²) in [5.41, 5.74) is 12.3. The summed E-state index contributed by atoms with van der Waals surface area (Å²) in [6.07, 6.45) is 0. The lowest BCUT2D eigenvalue weighted by molar-refractivity contribution is -0.110. The summed E-state index contributed by atoms with van der Waals surface area (Å²) in [5, 5.41) is 6.95. The molecule has 0 saturated carbocycles. The predicted octanol–water partition coefficient (Wildman–Crippen LogP) is 4.92. The molecule has 0 unspecified atom stereocenters. The molecule has 0 spiro atoms. The number of fused-ring (bicyclic) bond motifs is 1. The van der Waals surface area contributed by atoms with Gasteiger partial charge in [0.15, 0.2) is 0 Å². The molecule has 0 aliphatic carbocycles. The standard InChI is InChI=1S/C24H23ClN4O/c1-29(2)14-15-3-10-19(11-4-15)27-23(16-5-8-18(26)9-6-16)22-20-12-7-17(25)13-21(20)28-24(22)30/h3-13,27H,14,26H2,1-2H3,(H,28,30)/b23-22-. The van der Waals surface area contributed by atoms with E-state index in [1.54, 1.807) is 12.1 Å². The van der Waals surface area contributed by atoms with E-state index in [0.29, 0.717) is 27.7 Å². The molecule has 6 heteroatoms. The maximum Gasteiger partial charge on any atom is 0.258 e. The number of anilines is 3. The second-order valence-corrected chi connectivity index (χ2v) is 8.01. The Hall–Kier alpha value is -3.28. The van der Waals surface area contributed by atoms with Gasteiger partial charge in [-0.2, -0.15) is 0 Å². The first-order valence-corrected chi connectivity index (χ1v) is 10.0. The second kappa shape index (κ2) is 8.22. The van der Waals surface area contributed by atoms with Gasteiger partial charge in [-0.3, -0.25) is 4.79 Å². The van der Waals surface area contributed by atoms with Crippen molar-refractivity contribution in [3.05, 3.63) is 88.4 Å². The molecular weight excluding hydrogens is 396 g/mol. The number of halogens is 1. The highest BCUT2D eigenvalue weighted by Gasteiger charge is 2.28. The third kappa shape index (κ3) is 4.17. The van der Waals surface area contributed by atoms with E-state index in [4.69, 9.17) is 17.3 Å². The molecule has 30 heavy (non-hydrogen) atoms. The summed E-state index contributed by atoms with van der Waals surface area (Å²) in [6.45, 7) is 0.864. The van der Waals surface area contributed by atoms with Gasteiger partial charge in [-0.15, -0.1) is 0 Å². The Morgan fingerprint density at radius 1 is 1.03 bits per heavy atom. The molecule has 5 nitrogen and oxygen atoms in total. The molecule has 1 amide bonds. The minimum Gasteiger partial charge on any atom is -0.399 e. The van der Waals surface area contributed by atoms with Gasteiger partial charge in [-0.05, 0) is 61.6 Å². The lowest BCUT2D eigenvalue weighted by Gasteiger charge is -2.16. The Morgan fingerprint density at radius 3 is 2.40 bits per heavy atom. The van der Waals surface area contributed by atoms with Gasteiger partial charge in [-0.1, -0.05) is 41.9 Å². The number of hydrogen-bond acceptors (Lipinski definition) is 4. The first-order valence-electron chi connectivity index (χ1n) is 9.63. The van der Waals surface area contributed by atoms with Crippen molar-refractivity contribution in [3.8, 4) is 0 Å². The van der Waals surface area contributed by atoms with Crippen molar-refractivity contribution in [3.63, 3.8) is 0 Å². The molecule has 4 rings (SSSR count). The van der Waals surface area contributed by atoms with Crippen molar-refractivity contribution in [2.45, 2.75) is 6.54 Å². The zero-order valence-electron chi connectivity index (χ0n) is 16.9. The highest BCUT2D eigenvalue weighted by Crippen LogP contribution is 2.38. The van der Waals surface area contributed by atoms with E-state index in [0.717, 1.165) is 23.4 Å². The minimum absolute atomic E-state index is 0.171. The SMILES string of the molecule is CN(C)Cc1ccc(N/C(=C2\C(=O)Nc3cc(Cl)ccc32)c2ccc(N)cc2)cc1. The lowest BCUT2D eigenvalue weighted by atomic mass is 9.99. The lowest BCUT2D eigenvalue weighted by Crippen LogP contribution is -2.11. The molecule has 0 atom stereocenters. The van der Waals surface area contributed by atoms with E-state index in [1.165, 1.54) is 5.56 Å². The van der Waals surface area contributed by atoms with Crippen LogP contribution < -0.4 is 16.4 Å². The Morgan fingerprint density at radius 2 is 1.73 bits per heavy atom. The zero-order chi connectivity index (χ0) is 21.3. The molecule has 152 valence electrons. The van der Waals surface area contributed by atoms with E-state index >= 15 is 0 Å². The fourth-order valence-electron chi connectivity index (χ4n) is 3.52. The molecule has 0 fully saturated rings. The molecule has 3 aromatic rings. The van der Waals surface area contributed by atoms with Crippen LogP contribution in [0.5, 0.6) is 0 Å². The predicted molar refractivity (Wildman–Crippen MR) is 125 cm³/mol. The van der Waals surface area contributed by atoms with Crippen molar-refractivity contribution in [1.82, 2.24) is 4.90 Å². The molecule has 0 bridgehead atoms. The van der Waals surface area contributed by atoms with Crippen LogP contribution in [0.4, 0.5) is 17.1 Å². The number of carbonyl (C=O) groups is 1. The van der Waals surface area contributed by atoms with Gasteiger partial charge in [0.05, 0.1) is 17.0 Å². The monoisotopic (exact) mass is 418 g/mol. The highest BCUT2D eigenvalue weighted by molar-refractivity contribution is 6.38. The van der Waals surface area contributed by atoms with Gasteiger partial charge >= 0.3 is 0 Å². The van der Waals surface area contributed by atoms with E-state index in [-0.39, 0.29) is 5.91 Å². The summed E-state index contributed by atoms with van der Waals surface area (Å²) < 4.78 is 0. The zero-order valence-corrected chi connectivity index (χ0v) is 17.6. The number of carbonyl (C=O) groups excluding carboxylic acids is 1. The van der Waals surface area contributed by atoms with Crippen molar-refractivity contribution < 1.29 is 4.79 Å². The van der Waals surface area contributed by atoms with Crippen molar-refractivity contribution in [2.24, 2.45) is 0 Å². The maximum absolute atomic E-state index is 12.9. The molecule has 0 saturated heterocycles. The van der Waals surface area contributed by atoms with E-state index in [1.807, 2.05) is 56.6 Å². The Labute approximate surface area is 181 Å². The second-order valence-electron chi connectivity index (χ2n) is 7.58. The van der Waals surface area contributed by atoms with Gasteiger partial charge in [0.2, 0.25) is 0 Å². The molecular formula is C24H23ClN4O. The van der Waals surface area contributed by atoms with Gasteiger partial charge in [-0.25, -0.2) is 0 Å². The van der Waals surface area contributed by atoms with Crippen molar-refractivity contribution in [2.75, 3.05) is 30.5 Å². The molecule has 3 aromatic carbocycles. The number of benzene rings is 3. The fraction of sp³-hybridized carbons (Fsp3) is 0.125. The summed E-state index contributed by atoms with van der Waals surface area (Å²) in [4.78, 5) is 15.0. The number of nitrogen functional groups attached to an aromatic ring is 1. The molecule has 1 heterocycles. The highest BCUT2D eigenvalue weighted by atomic mass is 35.5. The van der Waals surface area contributed by atoms with Crippen LogP contribution in [-0.4, -0.2) is 24.9 Å². The molecule has 4 N–H and O–H groups in total. The normalized spacial score (nSPS) is 14.5. The molecule has 1 aliphatic heterocycles. The van der Waals surface area contributed by atoms with E-state index in [2.05, 4.69) is 27.7 Å². The Bertz CT molecular complexity index is 1120. The largest absolute Gasteiger partial charge is 0.399 e. The summed E-state index contributed by atoms with van der Waals surface area (Å²) in [5.74, 6) is -0.171. The number of nitrogens with zero attached hydrogens (tertiary/aromatic N) is 1. The maximum atomic E-state index is 12.9. The van der Waals surface area contributed by atoms with Crippen LogP contribution in [0.25, 0.3) is 11.3 Å². The quantitative estimate of drug-likeness (QED) is 0.406. The van der Waals surface area contributed by atoms with Crippen LogP contribution in [0.3, 0.4) is 0 Å². The Kier molecular flexibility index (Phi) is 5.48. The van der Waals surface area contributed by atoms with Crippen molar-refractivity contribution in [1.29, 1.82) is 0 Å². The van der Waals surface area contributed by atoms with Crippen LogP contribution in [0.1, 0.15) is 16.7 Å². The van der Waals surface area contributed by atoms with Gasteiger partial charge in [0.25, 0.3) is 5.91 Å². The number of rotatable bonds is 5. The minimum atomic E-state index is -0.171. The molecule has 0 radical (unpaired) electrons. The average molecular weight is 419 g/mol. The van der Waals surface area contributed by atoms with Crippen LogP contribution in [0.2, 0.25) is 5.02 Å². The smallest absolute Gasteiger partial charge is 0.258 e. The van der Waals surface area contributed by atoms with E-state index in [9.17, 15) is 4.79 Å². The number of amides is 1. The van der Waals surface area contributed by atoms with Gasteiger partial charge in [0, 0.05) is 28.5 Å². The molecule has 0 aromatic heterocycles. The number of nitrogens with one attached hydrogen (secondary N) is 2. The van der Waals surface area contributed by atoms with E-state index < -0.39 is 0 Å². The summed E-state index contributed by atoms with van der Waals surface area (Å²) in [7, 11) is 4.08. The topological polar surface area (TPSA) is 70.4 Å². The third-order valence-corrected chi connectivity index (χ3v) is 5.13. The summed E-state index contributed by atoms with van der Waals surface area (Å²) >= 11 is 6.11. The molecule has 1 aliphatic rings. The average Bonchev–Trinajstić information content (AvgIpc) is 3.02. The first kappa shape index (κ1) is 20.0. The summed E-state index contributed by atoms with van der Waals surface area (Å²) in [6, 6.07) is 21.1. The third-order valence-electron chi connectivity index (χ3n) is 4.90. The number of hydrogen-bond donors (Lipinski definition) is 3. The number of nitrogens with two attached hydrogens (primary N) is 1. The Balaban J connectivity index is 1.79. The van der Waals surface area contributed by atoms with Gasteiger partial charge in [0.1, 0.15) is 0 Å².